The molecule has 128 valence electrons. The number of ether oxygens (including phenoxy) is 2. The van der Waals surface area contributed by atoms with Crippen molar-refractivity contribution in [2.45, 2.75) is 23.7 Å². The Balaban J connectivity index is 1.81. The predicted octanol–water partition coefficient (Wildman–Crippen LogP) is -1.16. The molecular formula is C12H22N2O6S2. The van der Waals surface area contributed by atoms with Gasteiger partial charge in [-0.2, -0.15) is 8.61 Å². The van der Waals surface area contributed by atoms with Crippen LogP contribution in [-0.2, 0) is 29.5 Å². The van der Waals surface area contributed by atoms with Crippen LogP contribution in [0.25, 0.3) is 0 Å². The highest BCUT2D eigenvalue weighted by Gasteiger charge is 2.48. The Labute approximate surface area is 131 Å². The second-order valence-corrected chi connectivity index (χ2v) is 10.5. The van der Waals surface area contributed by atoms with Gasteiger partial charge in [-0.1, -0.05) is 0 Å². The van der Waals surface area contributed by atoms with Crippen molar-refractivity contribution < 1.29 is 26.3 Å². The first-order chi connectivity index (χ1) is 10.2. The molecule has 3 rings (SSSR count). The van der Waals surface area contributed by atoms with Gasteiger partial charge in [0.15, 0.2) is 0 Å². The standard InChI is InChI=1S/C12H22N2O6S2/c1-21(15,16)13-4-6-19-10-12(8-13)9-14(5-7-20-12)22(17,18)11-2-3-11/h11H,2-10H2,1H3. The van der Waals surface area contributed by atoms with Gasteiger partial charge in [-0.3, -0.25) is 0 Å². The highest BCUT2D eigenvalue weighted by Crippen LogP contribution is 2.34. The van der Waals surface area contributed by atoms with Crippen molar-refractivity contribution in [1.29, 1.82) is 0 Å². The lowest BCUT2D eigenvalue weighted by Crippen LogP contribution is -2.60. The lowest BCUT2D eigenvalue weighted by Gasteiger charge is -2.42. The lowest BCUT2D eigenvalue weighted by molar-refractivity contribution is -0.122. The van der Waals surface area contributed by atoms with Gasteiger partial charge < -0.3 is 9.47 Å². The zero-order valence-corrected chi connectivity index (χ0v) is 14.2. The number of hydrogen-bond acceptors (Lipinski definition) is 6. The molecule has 0 amide bonds. The molecule has 1 unspecified atom stereocenters. The summed E-state index contributed by atoms with van der Waals surface area (Å²) in [6.45, 7) is 1.61. The van der Waals surface area contributed by atoms with Gasteiger partial charge in [-0.05, 0) is 12.8 Å². The Hall–Kier alpha value is -0.260. The van der Waals surface area contributed by atoms with Gasteiger partial charge in [0.1, 0.15) is 5.60 Å². The fourth-order valence-electron chi connectivity index (χ4n) is 2.94. The zero-order chi connectivity index (χ0) is 16.0. The molecule has 8 nitrogen and oxygen atoms in total. The molecule has 0 aromatic carbocycles. The summed E-state index contributed by atoms with van der Waals surface area (Å²) in [7, 11) is -6.68. The molecule has 10 heteroatoms. The second-order valence-electron chi connectivity index (χ2n) is 6.26. The van der Waals surface area contributed by atoms with Crippen molar-refractivity contribution >= 4 is 20.0 Å². The fraction of sp³-hybridized carbons (Fsp3) is 1.00. The summed E-state index contributed by atoms with van der Waals surface area (Å²) >= 11 is 0. The van der Waals surface area contributed by atoms with E-state index in [0.717, 1.165) is 6.26 Å². The maximum Gasteiger partial charge on any atom is 0.217 e. The lowest BCUT2D eigenvalue weighted by atomic mass is 10.0. The molecule has 2 aliphatic heterocycles. The van der Waals surface area contributed by atoms with Crippen molar-refractivity contribution in [3.8, 4) is 0 Å². The van der Waals surface area contributed by atoms with Gasteiger partial charge in [0.05, 0.1) is 31.3 Å². The van der Waals surface area contributed by atoms with Crippen molar-refractivity contribution in [3.63, 3.8) is 0 Å². The molecule has 3 aliphatic rings. The average Bonchev–Trinajstić information content (AvgIpc) is 3.25. The van der Waals surface area contributed by atoms with E-state index in [0.29, 0.717) is 19.4 Å². The van der Waals surface area contributed by atoms with Crippen LogP contribution in [0.3, 0.4) is 0 Å². The van der Waals surface area contributed by atoms with Gasteiger partial charge in [-0.15, -0.1) is 0 Å². The van der Waals surface area contributed by atoms with Crippen LogP contribution in [0.4, 0.5) is 0 Å². The van der Waals surface area contributed by atoms with Crippen LogP contribution in [0.2, 0.25) is 0 Å². The molecule has 0 N–H and O–H groups in total. The molecule has 0 radical (unpaired) electrons. The Kier molecular flexibility index (Phi) is 4.28. The summed E-state index contributed by atoms with van der Waals surface area (Å²) in [6.07, 6.45) is 2.56. The van der Waals surface area contributed by atoms with Crippen molar-refractivity contribution in [2.24, 2.45) is 0 Å². The van der Waals surface area contributed by atoms with E-state index in [1.165, 1.54) is 8.61 Å². The van der Waals surface area contributed by atoms with E-state index in [4.69, 9.17) is 9.47 Å². The van der Waals surface area contributed by atoms with Gasteiger partial charge in [0, 0.05) is 26.2 Å². The SMILES string of the molecule is CS(=O)(=O)N1CCOCC2(C1)CN(S(=O)(=O)C1CC1)CCO2. The first-order valence-corrected chi connectivity index (χ1v) is 10.7. The Morgan fingerprint density at radius 1 is 1.00 bits per heavy atom. The highest BCUT2D eigenvalue weighted by molar-refractivity contribution is 7.90. The molecule has 2 heterocycles. The number of hydrogen-bond donors (Lipinski definition) is 0. The molecule has 22 heavy (non-hydrogen) atoms. The zero-order valence-electron chi connectivity index (χ0n) is 12.6. The van der Waals surface area contributed by atoms with Crippen LogP contribution in [-0.4, -0.2) is 88.6 Å². The molecule has 0 aromatic rings. The predicted molar refractivity (Wildman–Crippen MR) is 79.4 cm³/mol. The molecule has 1 atom stereocenters. The van der Waals surface area contributed by atoms with Gasteiger partial charge >= 0.3 is 0 Å². The Morgan fingerprint density at radius 3 is 2.27 bits per heavy atom. The third-order valence-electron chi connectivity index (χ3n) is 4.30. The second kappa shape index (κ2) is 5.67. The summed E-state index contributed by atoms with van der Waals surface area (Å²) in [5.41, 5.74) is -0.917. The van der Waals surface area contributed by atoms with Crippen LogP contribution in [0.15, 0.2) is 0 Å². The highest BCUT2D eigenvalue weighted by atomic mass is 32.2. The van der Waals surface area contributed by atoms with Crippen LogP contribution < -0.4 is 0 Å². The topological polar surface area (TPSA) is 93.2 Å². The fourth-order valence-corrected chi connectivity index (χ4v) is 5.71. The quantitative estimate of drug-likeness (QED) is 0.635. The number of nitrogens with zero attached hydrogens (tertiary/aromatic N) is 2. The third-order valence-corrected chi connectivity index (χ3v) is 7.90. The molecule has 1 spiro atoms. The molecule has 3 fully saturated rings. The minimum absolute atomic E-state index is 0.127. The molecule has 1 aliphatic carbocycles. The molecule has 0 bridgehead atoms. The minimum atomic E-state index is -3.38. The largest absolute Gasteiger partial charge is 0.377 e. The van der Waals surface area contributed by atoms with Crippen molar-refractivity contribution in [3.05, 3.63) is 0 Å². The first-order valence-electron chi connectivity index (χ1n) is 7.39. The Morgan fingerprint density at radius 2 is 1.64 bits per heavy atom. The first kappa shape index (κ1) is 16.6. The third kappa shape index (κ3) is 3.31. The normalized spacial score (nSPS) is 33.0. The average molecular weight is 354 g/mol. The van der Waals surface area contributed by atoms with Crippen LogP contribution in [0.5, 0.6) is 0 Å². The van der Waals surface area contributed by atoms with E-state index in [1.54, 1.807) is 0 Å². The van der Waals surface area contributed by atoms with E-state index >= 15 is 0 Å². The summed E-state index contributed by atoms with van der Waals surface area (Å²) in [5.74, 6) is 0. The Bertz CT molecular complexity index is 630. The van der Waals surface area contributed by atoms with Crippen molar-refractivity contribution in [1.82, 2.24) is 8.61 Å². The van der Waals surface area contributed by atoms with Gasteiger partial charge in [0.25, 0.3) is 0 Å². The van der Waals surface area contributed by atoms with E-state index < -0.39 is 25.6 Å². The van der Waals surface area contributed by atoms with Gasteiger partial charge in [-0.25, -0.2) is 16.8 Å². The van der Waals surface area contributed by atoms with Gasteiger partial charge in [0.2, 0.25) is 20.0 Å². The minimum Gasteiger partial charge on any atom is -0.377 e. The maximum atomic E-state index is 12.4. The van der Waals surface area contributed by atoms with E-state index in [1.807, 2.05) is 0 Å². The van der Waals surface area contributed by atoms with E-state index in [2.05, 4.69) is 0 Å². The van der Waals surface area contributed by atoms with Crippen LogP contribution in [0, 0.1) is 0 Å². The van der Waals surface area contributed by atoms with E-state index in [9.17, 15) is 16.8 Å². The van der Waals surface area contributed by atoms with E-state index in [-0.39, 0.29) is 44.7 Å². The maximum absolute atomic E-state index is 12.4. The smallest absolute Gasteiger partial charge is 0.217 e. The van der Waals surface area contributed by atoms with Crippen LogP contribution in [0.1, 0.15) is 12.8 Å². The van der Waals surface area contributed by atoms with Crippen LogP contribution >= 0.6 is 0 Å². The monoisotopic (exact) mass is 354 g/mol. The molecule has 2 saturated heterocycles. The summed E-state index contributed by atoms with van der Waals surface area (Å²) < 4.78 is 62.6. The summed E-state index contributed by atoms with van der Waals surface area (Å²) in [6, 6.07) is 0. The number of sulfonamides is 2. The molecular weight excluding hydrogens is 332 g/mol. The molecule has 1 saturated carbocycles. The summed E-state index contributed by atoms with van der Waals surface area (Å²) in [4.78, 5) is 0. The molecule has 0 aromatic heterocycles. The summed E-state index contributed by atoms with van der Waals surface area (Å²) in [5, 5.41) is -0.277. The number of rotatable bonds is 3. The number of morpholine rings is 1. The van der Waals surface area contributed by atoms with Crippen molar-refractivity contribution in [2.75, 3.05) is 52.3 Å².